The summed E-state index contributed by atoms with van der Waals surface area (Å²) in [5.74, 6) is -1.27. The van der Waals surface area contributed by atoms with Gasteiger partial charge in [0.15, 0.2) is 0 Å². The highest BCUT2D eigenvalue weighted by Crippen LogP contribution is 2.32. The van der Waals surface area contributed by atoms with Gasteiger partial charge in [-0.15, -0.1) is 0 Å². The van der Waals surface area contributed by atoms with Crippen LogP contribution in [0.4, 0.5) is 8.78 Å². The molecule has 1 saturated heterocycles. The number of aliphatic hydroxyl groups excluding tert-OH is 1. The zero-order chi connectivity index (χ0) is 24.0. The van der Waals surface area contributed by atoms with Crippen LogP contribution in [0.15, 0.2) is 42.5 Å². The Kier molecular flexibility index (Phi) is 8.57. The van der Waals surface area contributed by atoms with Crippen LogP contribution in [0.5, 0.6) is 0 Å². The molecule has 1 aliphatic heterocycles. The zero-order valence-electron chi connectivity index (χ0n) is 19.6. The van der Waals surface area contributed by atoms with Gasteiger partial charge >= 0.3 is 0 Å². The van der Waals surface area contributed by atoms with Gasteiger partial charge < -0.3 is 21.1 Å². The van der Waals surface area contributed by atoms with Crippen molar-refractivity contribution in [1.82, 2.24) is 16.0 Å². The topological polar surface area (TPSA) is 73.4 Å². The largest absolute Gasteiger partial charge is 0.390 e. The fraction of sp³-hybridized carbons (Fsp3) is 0.500. The lowest BCUT2D eigenvalue weighted by atomic mass is 9.80. The summed E-state index contributed by atoms with van der Waals surface area (Å²) in [4.78, 5) is 11.8. The first-order valence-electron chi connectivity index (χ1n) is 11.6. The summed E-state index contributed by atoms with van der Waals surface area (Å²) in [6.07, 6.45) is 0.900. The van der Waals surface area contributed by atoms with E-state index in [2.05, 4.69) is 54.1 Å². The molecule has 180 valence electrons. The molecule has 0 bridgehead atoms. The van der Waals surface area contributed by atoms with Crippen LogP contribution >= 0.6 is 0 Å². The monoisotopic (exact) mass is 459 g/mol. The van der Waals surface area contributed by atoms with E-state index < -0.39 is 23.8 Å². The molecule has 1 amide bonds. The molecule has 33 heavy (non-hydrogen) atoms. The van der Waals surface area contributed by atoms with Crippen LogP contribution in [0, 0.1) is 11.6 Å². The van der Waals surface area contributed by atoms with Crippen molar-refractivity contribution in [2.24, 2.45) is 0 Å². The van der Waals surface area contributed by atoms with E-state index in [4.69, 9.17) is 0 Å². The molecular formula is C26H35F2N3O2. The fourth-order valence-electron chi connectivity index (χ4n) is 4.59. The number of nitrogens with one attached hydrogen (secondary N) is 3. The molecule has 1 aliphatic rings. The van der Waals surface area contributed by atoms with E-state index in [1.54, 1.807) is 0 Å². The number of piperidine rings is 1. The third kappa shape index (κ3) is 6.82. The molecule has 0 radical (unpaired) electrons. The zero-order valence-corrected chi connectivity index (χ0v) is 19.6. The van der Waals surface area contributed by atoms with Gasteiger partial charge in [-0.2, -0.15) is 0 Å². The normalized spacial score (nSPS) is 17.5. The molecule has 2 atom stereocenters. The molecule has 0 spiro atoms. The van der Waals surface area contributed by atoms with Crippen LogP contribution < -0.4 is 16.0 Å². The molecule has 0 saturated carbocycles. The number of rotatable bonds is 9. The van der Waals surface area contributed by atoms with Crippen molar-refractivity contribution in [2.45, 2.75) is 63.6 Å². The van der Waals surface area contributed by atoms with E-state index in [9.17, 15) is 18.7 Å². The Bertz CT molecular complexity index is 925. The Morgan fingerprint density at radius 2 is 1.79 bits per heavy atom. The Morgan fingerprint density at radius 1 is 1.12 bits per heavy atom. The molecule has 7 heteroatoms. The maximum Gasteiger partial charge on any atom is 0.217 e. The molecule has 5 nitrogen and oxygen atoms in total. The average molecular weight is 460 g/mol. The summed E-state index contributed by atoms with van der Waals surface area (Å²) < 4.78 is 27.3. The second-order valence-corrected chi connectivity index (χ2v) is 9.35. The highest BCUT2D eigenvalue weighted by Gasteiger charge is 2.35. The second-order valence-electron chi connectivity index (χ2n) is 9.35. The molecule has 4 N–H and O–H groups in total. The Labute approximate surface area is 195 Å². The van der Waals surface area contributed by atoms with Gasteiger partial charge in [0.1, 0.15) is 11.6 Å². The molecule has 0 unspecified atom stereocenters. The summed E-state index contributed by atoms with van der Waals surface area (Å²) in [5, 5.41) is 20.7. The third-order valence-electron chi connectivity index (χ3n) is 6.44. The van der Waals surface area contributed by atoms with Crippen LogP contribution in [-0.2, 0) is 16.8 Å². The molecule has 2 aromatic carbocycles. The van der Waals surface area contributed by atoms with Crippen LogP contribution in [-0.4, -0.2) is 42.8 Å². The summed E-state index contributed by atoms with van der Waals surface area (Å²) >= 11 is 0. The lowest BCUT2D eigenvalue weighted by Gasteiger charge is -2.41. The SMILES string of the molecule is CC(=O)N[C@@H](Cc1cc(F)cc(F)c1)[C@@H](O)CNC1(c2cccc(C(C)C)c2)CCNCC1. The van der Waals surface area contributed by atoms with Gasteiger partial charge in [0.2, 0.25) is 5.91 Å². The molecular weight excluding hydrogens is 424 g/mol. The predicted molar refractivity (Wildman–Crippen MR) is 126 cm³/mol. The third-order valence-corrected chi connectivity index (χ3v) is 6.44. The van der Waals surface area contributed by atoms with Crippen molar-refractivity contribution in [3.8, 4) is 0 Å². The lowest BCUT2D eigenvalue weighted by Crippen LogP contribution is -2.55. The first-order valence-corrected chi connectivity index (χ1v) is 11.6. The van der Waals surface area contributed by atoms with Gasteiger partial charge in [-0.25, -0.2) is 8.78 Å². The maximum absolute atomic E-state index is 13.7. The standard InChI is InChI=1S/C26H35F2N3O2/c1-17(2)20-5-4-6-21(14-20)26(7-9-29-10-8-26)30-16-25(33)24(31-18(3)32)13-19-11-22(27)15-23(28)12-19/h4-6,11-12,14-15,17,24-25,29-30,33H,7-10,13,16H2,1-3H3,(H,31,32)/t24-,25-/m0/s1. The van der Waals surface area contributed by atoms with Crippen molar-refractivity contribution in [2.75, 3.05) is 19.6 Å². The number of benzene rings is 2. The quantitative estimate of drug-likeness (QED) is 0.464. The number of hydrogen-bond acceptors (Lipinski definition) is 4. The second kappa shape index (κ2) is 11.2. The highest BCUT2D eigenvalue weighted by molar-refractivity contribution is 5.73. The van der Waals surface area contributed by atoms with Crippen molar-refractivity contribution in [3.63, 3.8) is 0 Å². The summed E-state index contributed by atoms with van der Waals surface area (Å²) in [6.45, 7) is 7.64. The van der Waals surface area contributed by atoms with E-state index >= 15 is 0 Å². The van der Waals surface area contributed by atoms with Gasteiger partial charge in [0, 0.05) is 25.1 Å². The van der Waals surface area contributed by atoms with E-state index in [1.165, 1.54) is 30.2 Å². The molecule has 1 heterocycles. The van der Waals surface area contributed by atoms with Gasteiger partial charge in [-0.1, -0.05) is 38.1 Å². The first kappa shape index (κ1) is 25.3. The number of carbonyl (C=O) groups is 1. The summed E-state index contributed by atoms with van der Waals surface area (Å²) in [5.41, 5.74) is 2.53. The van der Waals surface area contributed by atoms with Crippen LogP contribution in [0.1, 0.15) is 56.2 Å². The predicted octanol–water partition coefficient (Wildman–Crippen LogP) is 3.36. The first-order chi connectivity index (χ1) is 15.7. The minimum Gasteiger partial charge on any atom is -0.390 e. The Hall–Kier alpha value is -2.35. The molecule has 3 rings (SSSR count). The highest BCUT2D eigenvalue weighted by atomic mass is 19.1. The van der Waals surface area contributed by atoms with Crippen LogP contribution in [0.2, 0.25) is 0 Å². The van der Waals surface area contributed by atoms with Gasteiger partial charge in [-0.05, 0) is 67.1 Å². The number of halogens is 2. The number of hydrogen-bond donors (Lipinski definition) is 4. The number of carbonyl (C=O) groups excluding carboxylic acids is 1. The van der Waals surface area contributed by atoms with Crippen molar-refractivity contribution in [3.05, 3.63) is 70.8 Å². The minimum atomic E-state index is -0.944. The van der Waals surface area contributed by atoms with Gasteiger partial charge in [0.25, 0.3) is 0 Å². The van der Waals surface area contributed by atoms with Crippen molar-refractivity contribution in [1.29, 1.82) is 0 Å². The van der Waals surface area contributed by atoms with E-state index in [0.717, 1.165) is 32.0 Å². The molecule has 0 aliphatic carbocycles. The van der Waals surface area contributed by atoms with Crippen LogP contribution in [0.3, 0.4) is 0 Å². The average Bonchev–Trinajstić information content (AvgIpc) is 2.77. The van der Waals surface area contributed by atoms with E-state index in [-0.39, 0.29) is 24.4 Å². The Morgan fingerprint density at radius 3 is 2.39 bits per heavy atom. The molecule has 0 aromatic heterocycles. The van der Waals surface area contributed by atoms with Crippen molar-refractivity contribution >= 4 is 5.91 Å². The van der Waals surface area contributed by atoms with Gasteiger partial charge in [-0.3, -0.25) is 4.79 Å². The summed E-state index contributed by atoms with van der Waals surface area (Å²) in [7, 11) is 0. The van der Waals surface area contributed by atoms with Crippen molar-refractivity contribution < 1.29 is 18.7 Å². The van der Waals surface area contributed by atoms with E-state index in [1.807, 2.05) is 0 Å². The Balaban J connectivity index is 1.78. The van der Waals surface area contributed by atoms with E-state index in [0.29, 0.717) is 11.5 Å². The van der Waals surface area contributed by atoms with Gasteiger partial charge in [0.05, 0.1) is 12.1 Å². The number of aliphatic hydroxyl groups is 1. The maximum atomic E-state index is 13.7. The minimum absolute atomic E-state index is 0.120. The smallest absolute Gasteiger partial charge is 0.217 e. The molecule has 2 aromatic rings. The number of amides is 1. The fourth-order valence-corrected chi connectivity index (χ4v) is 4.59. The summed E-state index contributed by atoms with van der Waals surface area (Å²) in [6, 6.07) is 11.1. The van der Waals surface area contributed by atoms with Crippen LogP contribution in [0.25, 0.3) is 0 Å². The molecule has 1 fully saturated rings. The lowest BCUT2D eigenvalue weighted by molar-refractivity contribution is -0.120.